The van der Waals surface area contributed by atoms with Gasteiger partial charge in [-0.05, 0) is 39.0 Å². The number of anilines is 1. The Morgan fingerprint density at radius 2 is 2.15 bits per heavy atom. The summed E-state index contributed by atoms with van der Waals surface area (Å²) in [6, 6.07) is 7.95. The standard InChI is InChI=1S/C16H20N2O2/c1-5-12-7-6-8-13(9-12)17-14-10-18(11-14)15(19)20-16(2,3)4/h1,6-9,14,17H,10-11H2,2-4H3. The van der Waals surface area contributed by atoms with Gasteiger partial charge in [0.25, 0.3) is 0 Å². The second kappa shape index (κ2) is 5.46. The summed E-state index contributed by atoms with van der Waals surface area (Å²) in [4.78, 5) is 13.5. The molecule has 1 aromatic rings. The molecule has 0 aliphatic carbocycles. The number of terminal acetylenes is 1. The van der Waals surface area contributed by atoms with Gasteiger partial charge < -0.3 is 15.0 Å². The Kier molecular flexibility index (Phi) is 3.89. The molecule has 0 saturated carbocycles. The van der Waals surface area contributed by atoms with E-state index < -0.39 is 5.60 Å². The quantitative estimate of drug-likeness (QED) is 0.842. The molecule has 0 atom stereocenters. The fraction of sp³-hybridized carbons (Fsp3) is 0.438. The van der Waals surface area contributed by atoms with Gasteiger partial charge in [0.1, 0.15) is 5.60 Å². The molecule has 1 heterocycles. The van der Waals surface area contributed by atoms with Crippen LogP contribution >= 0.6 is 0 Å². The lowest BCUT2D eigenvalue weighted by Crippen LogP contribution is -2.57. The fourth-order valence-corrected chi connectivity index (χ4v) is 1.98. The number of hydrogen-bond acceptors (Lipinski definition) is 3. The zero-order valence-corrected chi connectivity index (χ0v) is 12.1. The van der Waals surface area contributed by atoms with Crippen LogP contribution < -0.4 is 5.32 Å². The van der Waals surface area contributed by atoms with E-state index in [1.165, 1.54) is 0 Å². The van der Waals surface area contributed by atoms with Crippen molar-refractivity contribution in [2.75, 3.05) is 18.4 Å². The normalized spacial score (nSPS) is 15.2. The van der Waals surface area contributed by atoms with Crippen LogP contribution in [0.3, 0.4) is 0 Å². The van der Waals surface area contributed by atoms with E-state index in [2.05, 4.69) is 11.2 Å². The second-order valence-corrected chi connectivity index (χ2v) is 5.95. The predicted molar refractivity (Wildman–Crippen MR) is 79.6 cm³/mol. The van der Waals surface area contributed by atoms with Gasteiger partial charge in [0.15, 0.2) is 0 Å². The Morgan fingerprint density at radius 3 is 2.75 bits per heavy atom. The van der Waals surface area contributed by atoms with Gasteiger partial charge in [-0.15, -0.1) is 6.42 Å². The first-order valence-corrected chi connectivity index (χ1v) is 6.68. The minimum atomic E-state index is -0.448. The summed E-state index contributed by atoms with van der Waals surface area (Å²) in [5.74, 6) is 2.60. The highest BCUT2D eigenvalue weighted by atomic mass is 16.6. The molecule has 0 radical (unpaired) electrons. The van der Waals surface area contributed by atoms with E-state index in [4.69, 9.17) is 11.2 Å². The Balaban J connectivity index is 1.82. The summed E-state index contributed by atoms with van der Waals surface area (Å²) in [6.07, 6.45) is 5.11. The third kappa shape index (κ3) is 3.67. The van der Waals surface area contributed by atoms with Crippen molar-refractivity contribution in [1.82, 2.24) is 4.90 Å². The molecule has 20 heavy (non-hydrogen) atoms. The topological polar surface area (TPSA) is 41.6 Å². The minimum Gasteiger partial charge on any atom is -0.444 e. The third-order valence-corrected chi connectivity index (χ3v) is 2.93. The van der Waals surface area contributed by atoms with Crippen molar-refractivity contribution < 1.29 is 9.53 Å². The van der Waals surface area contributed by atoms with Gasteiger partial charge in [-0.1, -0.05) is 12.0 Å². The van der Waals surface area contributed by atoms with Crippen molar-refractivity contribution in [1.29, 1.82) is 0 Å². The molecule has 1 N–H and O–H groups in total. The Bertz CT molecular complexity index is 534. The van der Waals surface area contributed by atoms with Gasteiger partial charge in [0.2, 0.25) is 0 Å². The van der Waals surface area contributed by atoms with Crippen LogP contribution in [0.5, 0.6) is 0 Å². The first kappa shape index (κ1) is 14.3. The third-order valence-electron chi connectivity index (χ3n) is 2.93. The molecule has 0 unspecified atom stereocenters. The summed E-state index contributed by atoms with van der Waals surface area (Å²) >= 11 is 0. The molecule has 1 saturated heterocycles. The van der Waals surface area contributed by atoms with Crippen LogP contribution in [-0.4, -0.2) is 35.7 Å². The summed E-state index contributed by atoms with van der Waals surface area (Å²) in [6.45, 7) is 6.90. The van der Waals surface area contributed by atoms with E-state index in [0.717, 1.165) is 11.3 Å². The smallest absolute Gasteiger partial charge is 0.410 e. The van der Waals surface area contributed by atoms with Crippen LogP contribution in [0, 0.1) is 12.3 Å². The number of benzene rings is 1. The molecule has 2 rings (SSSR count). The number of carbonyl (C=O) groups is 1. The van der Waals surface area contributed by atoms with Crippen molar-refractivity contribution in [2.45, 2.75) is 32.4 Å². The average molecular weight is 272 g/mol. The summed E-state index contributed by atoms with van der Waals surface area (Å²) in [7, 11) is 0. The van der Waals surface area contributed by atoms with Crippen molar-refractivity contribution in [3.05, 3.63) is 29.8 Å². The Labute approximate surface area is 120 Å². The highest BCUT2D eigenvalue weighted by molar-refractivity contribution is 5.69. The van der Waals surface area contributed by atoms with Gasteiger partial charge in [0.05, 0.1) is 6.04 Å². The van der Waals surface area contributed by atoms with Crippen LogP contribution in [0.4, 0.5) is 10.5 Å². The minimum absolute atomic E-state index is 0.246. The van der Waals surface area contributed by atoms with Crippen LogP contribution in [-0.2, 0) is 4.74 Å². The Morgan fingerprint density at radius 1 is 1.45 bits per heavy atom. The molecule has 4 nitrogen and oxygen atoms in total. The number of likely N-dealkylation sites (tertiary alicyclic amines) is 1. The number of amides is 1. The van der Waals surface area contributed by atoms with Crippen molar-refractivity contribution in [3.63, 3.8) is 0 Å². The van der Waals surface area contributed by atoms with Crippen molar-refractivity contribution >= 4 is 11.8 Å². The zero-order valence-electron chi connectivity index (χ0n) is 12.1. The van der Waals surface area contributed by atoms with Gasteiger partial charge in [-0.25, -0.2) is 4.79 Å². The monoisotopic (exact) mass is 272 g/mol. The number of hydrogen-bond donors (Lipinski definition) is 1. The predicted octanol–water partition coefficient (Wildman–Crippen LogP) is 2.70. The Hall–Kier alpha value is -2.15. The molecular formula is C16H20N2O2. The van der Waals surface area contributed by atoms with E-state index in [1.54, 1.807) is 4.90 Å². The maximum absolute atomic E-state index is 11.8. The maximum atomic E-state index is 11.8. The lowest BCUT2D eigenvalue weighted by atomic mass is 10.1. The molecule has 0 aromatic heterocycles. The lowest BCUT2D eigenvalue weighted by Gasteiger charge is -2.40. The summed E-state index contributed by atoms with van der Waals surface area (Å²) in [5.41, 5.74) is 1.38. The molecule has 1 aliphatic heterocycles. The number of rotatable bonds is 2. The van der Waals surface area contributed by atoms with Crippen LogP contribution in [0.15, 0.2) is 24.3 Å². The zero-order chi connectivity index (χ0) is 14.8. The summed E-state index contributed by atoms with van der Waals surface area (Å²) < 4.78 is 5.31. The second-order valence-electron chi connectivity index (χ2n) is 5.95. The first-order valence-electron chi connectivity index (χ1n) is 6.68. The van der Waals surface area contributed by atoms with Crippen LogP contribution in [0.25, 0.3) is 0 Å². The van der Waals surface area contributed by atoms with E-state index >= 15 is 0 Å². The number of ether oxygens (including phenoxy) is 1. The molecule has 0 spiro atoms. The molecule has 0 bridgehead atoms. The van der Waals surface area contributed by atoms with E-state index in [1.807, 2.05) is 45.0 Å². The van der Waals surface area contributed by atoms with Crippen molar-refractivity contribution in [3.8, 4) is 12.3 Å². The number of carbonyl (C=O) groups excluding carboxylic acids is 1. The number of nitrogens with one attached hydrogen (secondary N) is 1. The lowest BCUT2D eigenvalue weighted by molar-refractivity contribution is 0.0105. The van der Waals surface area contributed by atoms with Crippen LogP contribution in [0.2, 0.25) is 0 Å². The molecule has 1 fully saturated rings. The average Bonchev–Trinajstić information content (AvgIpc) is 2.31. The SMILES string of the molecule is C#Cc1cccc(NC2CN(C(=O)OC(C)(C)C)C2)c1. The van der Waals surface area contributed by atoms with Crippen LogP contribution in [0.1, 0.15) is 26.3 Å². The van der Waals surface area contributed by atoms with Gasteiger partial charge in [0, 0.05) is 24.3 Å². The number of nitrogens with zero attached hydrogens (tertiary/aromatic N) is 1. The maximum Gasteiger partial charge on any atom is 0.410 e. The molecular weight excluding hydrogens is 252 g/mol. The van der Waals surface area contributed by atoms with Gasteiger partial charge in [-0.3, -0.25) is 0 Å². The fourth-order valence-electron chi connectivity index (χ4n) is 1.98. The highest BCUT2D eigenvalue weighted by Crippen LogP contribution is 2.19. The van der Waals surface area contributed by atoms with E-state index in [9.17, 15) is 4.79 Å². The molecule has 1 aromatic carbocycles. The van der Waals surface area contributed by atoms with E-state index in [0.29, 0.717) is 13.1 Å². The summed E-state index contributed by atoms with van der Waals surface area (Å²) in [5, 5.41) is 3.36. The molecule has 4 heteroatoms. The molecule has 1 aliphatic rings. The first-order chi connectivity index (χ1) is 9.37. The van der Waals surface area contributed by atoms with E-state index in [-0.39, 0.29) is 12.1 Å². The largest absolute Gasteiger partial charge is 0.444 e. The van der Waals surface area contributed by atoms with Gasteiger partial charge >= 0.3 is 6.09 Å². The van der Waals surface area contributed by atoms with Crippen molar-refractivity contribution in [2.24, 2.45) is 0 Å². The van der Waals surface area contributed by atoms with Gasteiger partial charge in [-0.2, -0.15) is 0 Å². The molecule has 1 amide bonds. The highest BCUT2D eigenvalue weighted by Gasteiger charge is 2.33. The molecule has 106 valence electrons.